The number of amides is 2. The number of aromatic nitrogens is 1. The fourth-order valence-electron chi connectivity index (χ4n) is 4.90. The van der Waals surface area contributed by atoms with E-state index in [9.17, 15) is 9.59 Å². The van der Waals surface area contributed by atoms with Crippen LogP contribution in [0.25, 0.3) is 21.7 Å². The maximum Gasteiger partial charge on any atom is 0.249 e. The van der Waals surface area contributed by atoms with Gasteiger partial charge in [-0.15, -0.1) is 23.1 Å². The number of likely N-dealkylation sites (tertiary alicyclic amines) is 1. The number of halogens is 1. The van der Waals surface area contributed by atoms with Crippen LogP contribution in [0.5, 0.6) is 5.75 Å². The summed E-state index contributed by atoms with van der Waals surface area (Å²) >= 11 is 9.23. The van der Waals surface area contributed by atoms with Crippen molar-refractivity contribution in [3.8, 4) is 27.4 Å². The van der Waals surface area contributed by atoms with Crippen molar-refractivity contribution in [1.29, 1.82) is 0 Å². The van der Waals surface area contributed by atoms with Crippen LogP contribution in [-0.4, -0.2) is 47.1 Å². The number of nitrogens with zero attached hydrogens (tertiary/aromatic N) is 2. The van der Waals surface area contributed by atoms with Crippen LogP contribution < -0.4 is 10.5 Å². The highest BCUT2D eigenvalue weighted by Gasteiger charge is 2.28. The van der Waals surface area contributed by atoms with Gasteiger partial charge in [0.05, 0.1) is 33.5 Å². The first-order chi connectivity index (χ1) is 19.8. The number of carbonyl (C=O) groups is 2. The highest BCUT2D eigenvalue weighted by Crippen LogP contribution is 2.42. The molecule has 0 atom stereocenters. The van der Waals surface area contributed by atoms with Crippen LogP contribution >= 0.6 is 34.7 Å². The Morgan fingerprint density at radius 1 is 1.05 bits per heavy atom. The normalized spacial score (nSPS) is 13.8. The lowest BCUT2D eigenvalue weighted by Gasteiger charge is -2.31. The van der Waals surface area contributed by atoms with Crippen molar-refractivity contribution in [1.82, 2.24) is 9.88 Å². The van der Waals surface area contributed by atoms with E-state index in [0.29, 0.717) is 40.9 Å². The van der Waals surface area contributed by atoms with E-state index in [-0.39, 0.29) is 17.6 Å². The first-order valence-electron chi connectivity index (χ1n) is 13.6. The third-order valence-corrected chi connectivity index (χ3v) is 9.71. The number of primary amides is 1. The van der Waals surface area contributed by atoms with Crippen LogP contribution in [0, 0.1) is 6.92 Å². The maximum atomic E-state index is 13.1. The van der Waals surface area contributed by atoms with Crippen LogP contribution in [-0.2, 0) is 4.79 Å². The molecule has 5 rings (SSSR count). The van der Waals surface area contributed by atoms with Crippen molar-refractivity contribution in [3.05, 3.63) is 87.9 Å². The number of aryl methyl sites for hydroxylation is 1. The molecule has 1 aliphatic heterocycles. The van der Waals surface area contributed by atoms with E-state index in [4.69, 9.17) is 27.1 Å². The molecule has 2 heterocycles. The Morgan fingerprint density at radius 3 is 2.39 bits per heavy atom. The van der Waals surface area contributed by atoms with Crippen LogP contribution in [0.3, 0.4) is 0 Å². The third-order valence-electron chi connectivity index (χ3n) is 7.15. The van der Waals surface area contributed by atoms with Crippen LogP contribution in [0.1, 0.15) is 46.6 Å². The predicted molar refractivity (Wildman–Crippen MR) is 168 cm³/mol. The number of benzene rings is 3. The van der Waals surface area contributed by atoms with Crippen molar-refractivity contribution in [3.63, 3.8) is 0 Å². The second-order valence-corrected chi connectivity index (χ2v) is 12.5. The van der Waals surface area contributed by atoms with Crippen molar-refractivity contribution in [2.45, 2.75) is 37.5 Å². The van der Waals surface area contributed by atoms with Gasteiger partial charge < -0.3 is 15.4 Å². The topological polar surface area (TPSA) is 85.5 Å². The molecule has 2 N–H and O–H groups in total. The molecule has 0 aliphatic carbocycles. The minimum absolute atomic E-state index is 0.0482. The van der Waals surface area contributed by atoms with Crippen LogP contribution in [0.2, 0.25) is 5.02 Å². The molecule has 9 heteroatoms. The molecule has 41 heavy (non-hydrogen) atoms. The first kappa shape index (κ1) is 29.2. The van der Waals surface area contributed by atoms with E-state index < -0.39 is 5.91 Å². The molecule has 0 saturated carbocycles. The van der Waals surface area contributed by atoms with Gasteiger partial charge in [0, 0.05) is 34.5 Å². The number of nitrogens with two attached hydrogens (primary N) is 1. The summed E-state index contributed by atoms with van der Waals surface area (Å²) < 4.78 is 5.56. The Kier molecular flexibility index (Phi) is 9.32. The van der Waals surface area contributed by atoms with E-state index in [1.165, 1.54) is 17.3 Å². The van der Waals surface area contributed by atoms with Gasteiger partial charge in [-0.2, -0.15) is 0 Å². The smallest absolute Gasteiger partial charge is 0.249 e. The highest BCUT2D eigenvalue weighted by molar-refractivity contribution is 8.00. The van der Waals surface area contributed by atoms with Gasteiger partial charge in [-0.3, -0.25) is 9.59 Å². The molecule has 2 amide bonds. The quantitative estimate of drug-likeness (QED) is 0.200. The second kappa shape index (κ2) is 13.1. The number of hydrogen-bond acceptors (Lipinski definition) is 6. The summed E-state index contributed by atoms with van der Waals surface area (Å²) in [6, 6.07) is 21.6. The summed E-state index contributed by atoms with van der Waals surface area (Å²) in [5, 5.41) is 1.80. The van der Waals surface area contributed by atoms with Gasteiger partial charge in [0.25, 0.3) is 0 Å². The lowest BCUT2D eigenvalue weighted by Crippen LogP contribution is -2.38. The average molecular weight is 606 g/mol. The molecule has 3 aromatic carbocycles. The molecule has 6 nitrogen and oxygen atoms in total. The summed E-state index contributed by atoms with van der Waals surface area (Å²) in [7, 11) is 0. The van der Waals surface area contributed by atoms with Crippen molar-refractivity contribution in [2.75, 3.05) is 25.4 Å². The molecule has 1 saturated heterocycles. The summed E-state index contributed by atoms with van der Waals surface area (Å²) in [6.07, 6.45) is 1.70. The van der Waals surface area contributed by atoms with E-state index in [1.54, 1.807) is 29.5 Å². The van der Waals surface area contributed by atoms with Crippen molar-refractivity contribution >= 4 is 46.5 Å². The molecular weight excluding hydrogens is 574 g/mol. The minimum Gasteiger partial charge on any atom is -0.494 e. The van der Waals surface area contributed by atoms with Crippen molar-refractivity contribution < 1.29 is 14.3 Å². The Labute approximate surface area is 253 Å². The highest BCUT2D eigenvalue weighted by atomic mass is 35.5. The molecule has 1 aliphatic rings. The zero-order chi connectivity index (χ0) is 28.9. The van der Waals surface area contributed by atoms with Gasteiger partial charge >= 0.3 is 0 Å². The third kappa shape index (κ3) is 6.94. The number of thioether (sulfide) groups is 1. The number of rotatable bonds is 9. The Bertz CT molecular complexity index is 1470. The van der Waals surface area contributed by atoms with Gasteiger partial charge in [0.15, 0.2) is 0 Å². The SMILES string of the molecule is CCOc1ccc(C(N)=O)c(SCC(=O)N2CCC(c3nc(-c4ccc(Cl)cc4)c(-c4ccc(C)cc4)s3)CC2)c1. The molecule has 1 aromatic heterocycles. The number of ether oxygens (including phenoxy) is 1. The van der Waals surface area contributed by atoms with E-state index in [1.807, 2.05) is 36.1 Å². The molecule has 4 aromatic rings. The van der Waals surface area contributed by atoms with Crippen molar-refractivity contribution in [2.24, 2.45) is 5.73 Å². The minimum atomic E-state index is -0.518. The molecular formula is C32H32ClN3O3S2. The molecule has 0 spiro atoms. The number of piperidine rings is 1. The zero-order valence-electron chi connectivity index (χ0n) is 23.1. The fourth-order valence-corrected chi connectivity index (χ4v) is 7.28. The maximum absolute atomic E-state index is 13.1. The molecule has 0 bridgehead atoms. The average Bonchev–Trinajstić information content (AvgIpc) is 3.42. The monoisotopic (exact) mass is 605 g/mol. The molecule has 212 valence electrons. The lowest BCUT2D eigenvalue weighted by molar-refractivity contribution is -0.129. The van der Waals surface area contributed by atoms with Gasteiger partial charge in [0.1, 0.15) is 5.75 Å². The zero-order valence-corrected chi connectivity index (χ0v) is 25.5. The number of thiazole rings is 1. The summed E-state index contributed by atoms with van der Waals surface area (Å²) in [6.45, 7) is 5.84. The fraction of sp³-hybridized carbons (Fsp3) is 0.281. The molecule has 1 fully saturated rings. The Morgan fingerprint density at radius 2 is 1.73 bits per heavy atom. The van der Waals surface area contributed by atoms with E-state index in [2.05, 4.69) is 31.2 Å². The van der Waals surface area contributed by atoms with Gasteiger partial charge in [-0.05, 0) is 62.6 Å². The van der Waals surface area contributed by atoms with Gasteiger partial charge in [0.2, 0.25) is 11.8 Å². The van der Waals surface area contributed by atoms with Gasteiger partial charge in [-0.1, -0.05) is 53.6 Å². The first-order valence-corrected chi connectivity index (χ1v) is 15.8. The van der Waals surface area contributed by atoms with Crippen LogP contribution in [0.15, 0.2) is 71.6 Å². The Balaban J connectivity index is 1.28. The van der Waals surface area contributed by atoms with E-state index in [0.717, 1.165) is 39.5 Å². The Hall–Kier alpha value is -3.33. The van der Waals surface area contributed by atoms with E-state index >= 15 is 0 Å². The summed E-state index contributed by atoms with van der Waals surface area (Å²) in [4.78, 5) is 33.9. The summed E-state index contributed by atoms with van der Waals surface area (Å²) in [5.41, 5.74) is 10.3. The molecule has 0 radical (unpaired) electrons. The largest absolute Gasteiger partial charge is 0.494 e. The second-order valence-electron chi connectivity index (χ2n) is 10.0. The van der Waals surface area contributed by atoms with Gasteiger partial charge in [-0.25, -0.2) is 4.98 Å². The number of carbonyl (C=O) groups excluding carboxylic acids is 2. The number of hydrogen-bond donors (Lipinski definition) is 1. The lowest BCUT2D eigenvalue weighted by atomic mass is 9.97. The standard InChI is InChI=1S/C32H32ClN3O3S2/c1-3-39-25-12-13-26(31(34)38)27(18-25)40-19-28(37)36-16-14-23(15-17-36)32-35-29(21-8-10-24(33)11-9-21)30(41-32)22-6-4-20(2)5-7-22/h4-13,18,23H,3,14-17,19H2,1-2H3,(H2,34,38). The predicted octanol–water partition coefficient (Wildman–Crippen LogP) is 7.43. The molecule has 0 unspecified atom stereocenters. The van der Waals surface area contributed by atoms with Crippen LogP contribution in [0.4, 0.5) is 0 Å². The summed E-state index contributed by atoms with van der Waals surface area (Å²) in [5.74, 6) is 0.698.